The van der Waals surface area contributed by atoms with E-state index < -0.39 is 0 Å². The van der Waals surface area contributed by atoms with Crippen molar-refractivity contribution in [2.45, 2.75) is 20.3 Å². The van der Waals surface area contributed by atoms with Crippen molar-refractivity contribution in [3.05, 3.63) is 51.5 Å². The molecule has 0 bridgehead atoms. The van der Waals surface area contributed by atoms with Gasteiger partial charge >= 0.3 is 5.97 Å². The van der Waals surface area contributed by atoms with Gasteiger partial charge < -0.3 is 4.74 Å². The lowest BCUT2D eigenvalue weighted by atomic mass is 10.1. The molecule has 0 aliphatic heterocycles. The van der Waals surface area contributed by atoms with Crippen molar-refractivity contribution in [2.75, 3.05) is 6.61 Å². The average Bonchev–Trinajstić information content (AvgIpc) is 2.78. The third-order valence-electron chi connectivity index (χ3n) is 2.47. The van der Waals surface area contributed by atoms with E-state index in [1.807, 2.05) is 6.07 Å². The van der Waals surface area contributed by atoms with Crippen LogP contribution in [0.2, 0.25) is 0 Å². The van der Waals surface area contributed by atoms with Gasteiger partial charge in [0, 0.05) is 11.8 Å². The maximum absolute atomic E-state index is 11.5. The third-order valence-corrected chi connectivity index (χ3v) is 3.32. The van der Waals surface area contributed by atoms with Crippen LogP contribution in [0.15, 0.2) is 29.6 Å². The minimum Gasteiger partial charge on any atom is -0.461 e. The number of carbonyl (C=O) groups is 1. The van der Waals surface area contributed by atoms with Gasteiger partial charge in [0.25, 0.3) is 0 Å². The molecule has 0 radical (unpaired) electrons. The summed E-state index contributed by atoms with van der Waals surface area (Å²) in [6.45, 7) is 4.23. The maximum Gasteiger partial charge on any atom is 0.357 e. The Morgan fingerprint density at radius 2 is 2.28 bits per heavy atom. The summed E-state index contributed by atoms with van der Waals surface area (Å²) in [5.41, 5.74) is 2.85. The molecule has 94 valence electrons. The lowest BCUT2D eigenvalue weighted by Crippen LogP contribution is -2.05. The summed E-state index contributed by atoms with van der Waals surface area (Å²) in [7, 11) is 0. The normalized spacial score (nSPS) is 10.3. The van der Waals surface area contributed by atoms with Crippen molar-refractivity contribution in [3.63, 3.8) is 0 Å². The topological polar surface area (TPSA) is 39.2 Å². The maximum atomic E-state index is 11.5. The molecule has 2 rings (SSSR count). The van der Waals surface area contributed by atoms with Crippen molar-refractivity contribution in [1.29, 1.82) is 0 Å². The highest BCUT2D eigenvalue weighted by molar-refractivity contribution is 7.09. The number of hydrogen-bond donors (Lipinski definition) is 0. The fraction of sp³-hybridized carbons (Fsp3) is 0.286. The van der Waals surface area contributed by atoms with Crippen LogP contribution in [0.1, 0.15) is 33.5 Å². The summed E-state index contributed by atoms with van der Waals surface area (Å²) in [5.74, 6) is -0.343. The first-order chi connectivity index (χ1) is 8.69. The van der Waals surface area contributed by atoms with Gasteiger partial charge in [-0.1, -0.05) is 29.8 Å². The Labute approximate surface area is 110 Å². The van der Waals surface area contributed by atoms with Gasteiger partial charge in [0.05, 0.1) is 11.6 Å². The van der Waals surface area contributed by atoms with Crippen molar-refractivity contribution < 1.29 is 9.53 Å². The summed E-state index contributed by atoms with van der Waals surface area (Å²) in [6, 6.07) is 8.30. The van der Waals surface area contributed by atoms with Gasteiger partial charge in [-0.3, -0.25) is 0 Å². The zero-order valence-electron chi connectivity index (χ0n) is 10.5. The van der Waals surface area contributed by atoms with Crippen LogP contribution in [-0.2, 0) is 11.2 Å². The molecule has 0 unspecified atom stereocenters. The molecule has 3 nitrogen and oxygen atoms in total. The number of rotatable bonds is 4. The standard InChI is InChI=1S/C14H15NO2S/c1-3-17-14(16)12-9-18-13(15-12)8-11-6-4-5-10(2)7-11/h4-7,9H,3,8H2,1-2H3. The molecule has 0 N–H and O–H groups in total. The number of carbonyl (C=O) groups excluding carboxylic acids is 1. The molecule has 0 saturated carbocycles. The molecule has 0 saturated heterocycles. The van der Waals surface area contributed by atoms with Crippen molar-refractivity contribution in [1.82, 2.24) is 4.98 Å². The minimum absolute atomic E-state index is 0.343. The number of esters is 1. The zero-order chi connectivity index (χ0) is 13.0. The summed E-state index contributed by atoms with van der Waals surface area (Å²) >= 11 is 1.49. The van der Waals surface area contributed by atoms with Gasteiger partial charge in [-0.05, 0) is 19.4 Å². The van der Waals surface area contributed by atoms with E-state index in [4.69, 9.17) is 4.74 Å². The second-order valence-electron chi connectivity index (χ2n) is 4.01. The van der Waals surface area contributed by atoms with E-state index >= 15 is 0 Å². The van der Waals surface area contributed by atoms with Gasteiger partial charge in [-0.15, -0.1) is 11.3 Å². The molecule has 18 heavy (non-hydrogen) atoms. The molecule has 2 aromatic rings. The molecule has 0 aliphatic rings. The monoisotopic (exact) mass is 261 g/mol. The number of benzene rings is 1. The second-order valence-corrected chi connectivity index (χ2v) is 4.96. The fourth-order valence-corrected chi connectivity index (χ4v) is 2.49. The van der Waals surface area contributed by atoms with Crippen LogP contribution < -0.4 is 0 Å². The van der Waals surface area contributed by atoms with E-state index in [-0.39, 0.29) is 5.97 Å². The lowest BCUT2D eigenvalue weighted by Gasteiger charge is -1.99. The second kappa shape index (κ2) is 5.78. The van der Waals surface area contributed by atoms with E-state index in [9.17, 15) is 4.79 Å². The molecular weight excluding hydrogens is 246 g/mol. The average molecular weight is 261 g/mol. The number of aromatic nitrogens is 1. The van der Waals surface area contributed by atoms with Gasteiger partial charge in [-0.2, -0.15) is 0 Å². The van der Waals surface area contributed by atoms with Crippen LogP contribution in [0.25, 0.3) is 0 Å². The van der Waals surface area contributed by atoms with E-state index in [1.54, 1.807) is 12.3 Å². The van der Waals surface area contributed by atoms with E-state index in [2.05, 4.69) is 30.1 Å². The van der Waals surface area contributed by atoms with Crippen molar-refractivity contribution >= 4 is 17.3 Å². The van der Waals surface area contributed by atoms with Crippen LogP contribution in [0.3, 0.4) is 0 Å². The smallest absolute Gasteiger partial charge is 0.357 e. The summed E-state index contributed by atoms with van der Waals surface area (Å²) in [5, 5.41) is 2.69. The Bertz CT molecular complexity index is 548. The number of nitrogens with zero attached hydrogens (tertiary/aromatic N) is 1. The van der Waals surface area contributed by atoms with Crippen molar-refractivity contribution in [2.24, 2.45) is 0 Å². The molecule has 1 aromatic carbocycles. The Morgan fingerprint density at radius 3 is 3.00 bits per heavy atom. The summed E-state index contributed by atoms with van der Waals surface area (Å²) in [4.78, 5) is 15.8. The fourth-order valence-electron chi connectivity index (χ4n) is 1.69. The van der Waals surface area contributed by atoms with Crippen LogP contribution >= 0.6 is 11.3 Å². The van der Waals surface area contributed by atoms with Crippen molar-refractivity contribution in [3.8, 4) is 0 Å². The van der Waals surface area contributed by atoms with Crippen LogP contribution in [0.4, 0.5) is 0 Å². The first-order valence-corrected chi connectivity index (χ1v) is 6.74. The molecule has 0 atom stereocenters. The SMILES string of the molecule is CCOC(=O)c1csc(Cc2cccc(C)c2)n1. The molecule has 0 amide bonds. The number of ether oxygens (including phenoxy) is 1. The van der Waals surface area contributed by atoms with Crippen LogP contribution in [0.5, 0.6) is 0 Å². The predicted octanol–water partition coefficient (Wildman–Crippen LogP) is 3.22. The van der Waals surface area contributed by atoms with Gasteiger partial charge in [0.15, 0.2) is 5.69 Å². The number of thiazole rings is 1. The van der Waals surface area contributed by atoms with E-state index in [0.29, 0.717) is 12.3 Å². The Morgan fingerprint density at radius 1 is 1.44 bits per heavy atom. The lowest BCUT2D eigenvalue weighted by molar-refractivity contribution is 0.0520. The Balaban J connectivity index is 2.09. The summed E-state index contributed by atoms with van der Waals surface area (Å²) < 4.78 is 4.92. The molecular formula is C14H15NO2S. The molecule has 0 spiro atoms. The first kappa shape index (κ1) is 12.8. The molecule has 1 heterocycles. The quantitative estimate of drug-likeness (QED) is 0.793. The highest BCUT2D eigenvalue weighted by Gasteiger charge is 2.11. The Kier molecular flexibility index (Phi) is 4.10. The van der Waals surface area contributed by atoms with Crippen LogP contribution in [0, 0.1) is 6.92 Å². The largest absolute Gasteiger partial charge is 0.461 e. The molecule has 0 aliphatic carbocycles. The molecule has 1 aromatic heterocycles. The van der Waals surface area contributed by atoms with E-state index in [1.165, 1.54) is 22.5 Å². The molecule has 4 heteroatoms. The number of hydrogen-bond acceptors (Lipinski definition) is 4. The van der Waals surface area contributed by atoms with Gasteiger partial charge in [0.2, 0.25) is 0 Å². The van der Waals surface area contributed by atoms with Gasteiger partial charge in [-0.25, -0.2) is 9.78 Å². The predicted molar refractivity (Wildman–Crippen MR) is 72.1 cm³/mol. The Hall–Kier alpha value is -1.68. The van der Waals surface area contributed by atoms with Gasteiger partial charge in [0.1, 0.15) is 0 Å². The number of aryl methyl sites for hydroxylation is 1. The third kappa shape index (κ3) is 3.17. The highest BCUT2D eigenvalue weighted by Crippen LogP contribution is 2.16. The zero-order valence-corrected chi connectivity index (χ0v) is 11.3. The first-order valence-electron chi connectivity index (χ1n) is 5.86. The summed E-state index contributed by atoms with van der Waals surface area (Å²) in [6.07, 6.45) is 0.756. The van der Waals surface area contributed by atoms with E-state index in [0.717, 1.165) is 11.4 Å². The molecule has 0 fully saturated rings. The minimum atomic E-state index is -0.343. The van der Waals surface area contributed by atoms with Crippen LogP contribution in [-0.4, -0.2) is 17.6 Å². The highest BCUT2D eigenvalue weighted by atomic mass is 32.1.